The fraction of sp³-hybridized carbons (Fsp3) is 0.588. The molecule has 4 nitrogen and oxygen atoms in total. The molecule has 1 aliphatic carbocycles. The van der Waals surface area contributed by atoms with Crippen molar-refractivity contribution in [3.63, 3.8) is 0 Å². The molecule has 1 aromatic rings. The average molecular weight is 287 g/mol. The van der Waals surface area contributed by atoms with Crippen LogP contribution in [-0.2, 0) is 13.1 Å². The van der Waals surface area contributed by atoms with Gasteiger partial charge in [0.25, 0.3) is 5.91 Å². The zero-order valence-corrected chi connectivity index (χ0v) is 12.8. The number of hydrogen-bond donors (Lipinski definition) is 2. The highest BCUT2D eigenvalue weighted by atomic mass is 16.1. The smallest absolute Gasteiger partial charge is 0.251 e. The Morgan fingerprint density at radius 2 is 2.05 bits per heavy atom. The monoisotopic (exact) mass is 287 g/mol. The fourth-order valence-corrected chi connectivity index (χ4v) is 3.41. The predicted octanol–water partition coefficient (Wildman–Crippen LogP) is 1.89. The molecule has 1 fully saturated rings. The largest absolute Gasteiger partial charge is 0.351 e. The maximum atomic E-state index is 12.2. The summed E-state index contributed by atoms with van der Waals surface area (Å²) in [6.45, 7) is 3.45. The maximum Gasteiger partial charge on any atom is 0.251 e. The van der Waals surface area contributed by atoms with Crippen molar-refractivity contribution in [1.82, 2.24) is 15.5 Å². The molecule has 0 atom stereocenters. The van der Waals surface area contributed by atoms with E-state index in [1.54, 1.807) is 0 Å². The van der Waals surface area contributed by atoms with E-state index in [4.69, 9.17) is 0 Å². The summed E-state index contributed by atoms with van der Waals surface area (Å²) in [5.41, 5.74) is 3.35. The molecule has 21 heavy (non-hydrogen) atoms. The summed E-state index contributed by atoms with van der Waals surface area (Å²) in [7, 11) is 2.17. The Morgan fingerprint density at radius 3 is 2.86 bits per heavy atom. The van der Waals surface area contributed by atoms with Crippen LogP contribution in [0, 0.1) is 0 Å². The van der Waals surface area contributed by atoms with Gasteiger partial charge in [0.2, 0.25) is 0 Å². The van der Waals surface area contributed by atoms with Gasteiger partial charge >= 0.3 is 0 Å². The second-order valence-corrected chi connectivity index (χ2v) is 6.26. The van der Waals surface area contributed by atoms with Crippen LogP contribution in [-0.4, -0.2) is 37.0 Å². The Hall–Kier alpha value is -1.39. The average Bonchev–Trinajstić information content (AvgIpc) is 3.17. The van der Waals surface area contributed by atoms with Gasteiger partial charge in [0.1, 0.15) is 0 Å². The van der Waals surface area contributed by atoms with E-state index in [0.29, 0.717) is 6.04 Å². The Balaban J connectivity index is 1.47. The molecule has 0 aromatic heterocycles. The Labute approximate surface area is 126 Å². The third-order valence-electron chi connectivity index (χ3n) is 4.80. The lowest BCUT2D eigenvalue weighted by atomic mass is 10.1. The lowest BCUT2D eigenvalue weighted by molar-refractivity contribution is 0.0947. The molecule has 1 saturated carbocycles. The first-order valence-electron chi connectivity index (χ1n) is 8.05. The molecule has 0 spiro atoms. The first-order valence-corrected chi connectivity index (χ1v) is 8.05. The predicted molar refractivity (Wildman–Crippen MR) is 84.2 cm³/mol. The van der Waals surface area contributed by atoms with Crippen molar-refractivity contribution in [1.29, 1.82) is 0 Å². The van der Waals surface area contributed by atoms with Gasteiger partial charge in [0.05, 0.1) is 0 Å². The summed E-state index contributed by atoms with van der Waals surface area (Å²) < 4.78 is 0. The molecule has 0 unspecified atom stereocenters. The van der Waals surface area contributed by atoms with Gasteiger partial charge in [-0.3, -0.25) is 4.79 Å². The molecular formula is C17H25N3O. The van der Waals surface area contributed by atoms with Crippen LogP contribution in [0.4, 0.5) is 0 Å². The minimum absolute atomic E-state index is 0.0459. The minimum atomic E-state index is 0.0459. The van der Waals surface area contributed by atoms with Gasteiger partial charge in [-0.25, -0.2) is 0 Å². The van der Waals surface area contributed by atoms with E-state index in [-0.39, 0.29) is 5.91 Å². The molecular weight excluding hydrogens is 262 g/mol. The SMILES string of the molecule is CN(CCNC(=O)c1ccc2c(c1)CNC2)C1CCCC1. The van der Waals surface area contributed by atoms with Crippen LogP contribution < -0.4 is 10.6 Å². The standard InChI is InChI=1S/C17H25N3O/c1-20(16-4-2-3-5-16)9-8-19-17(21)13-6-7-14-11-18-12-15(14)10-13/h6-7,10,16,18H,2-5,8-9,11-12H2,1H3,(H,19,21). The first-order chi connectivity index (χ1) is 10.2. The molecule has 2 aliphatic rings. The van der Waals surface area contributed by atoms with Crippen molar-refractivity contribution < 1.29 is 4.79 Å². The molecule has 0 radical (unpaired) electrons. The number of likely N-dealkylation sites (N-methyl/N-ethyl adjacent to an activating group) is 1. The Kier molecular flexibility index (Phi) is 4.56. The highest BCUT2D eigenvalue weighted by Gasteiger charge is 2.19. The number of rotatable bonds is 5. The number of amides is 1. The van der Waals surface area contributed by atoms with Crippen LogP contribution in [0.3, 0.4) is 0 Å². The summed E-state index contributed by atoms with van der Waals surface area (Å²) in [4.78, 5) is 14.6. The molecule has 114 valence electrons. The molecule has 1 aromatic carbocycles. The number of fused-ring (bicyclic) bond motifs is 1. The molecule has 3 rings (SSSR count). The number of carbonyl (C=O) groups is 1. The summed E-state index contributed by atoms with van der Waals surface area (Å²) in [6, 6.07) is 6.73. The summed E-state index contributed by atoms with van der Waals surface area (Å²) in [6.07, 6.45) is 5.32. The molecule has 1 amide bonds. The van der Waals surface area contributed by atoms with E-state index in [2.05, 4.69) is 28.6 Å². The van der Waals surface area contributed by atoms with Crippen LogP contribution in [0.1, 0.15) is 47.2 Å². The van der Waals surface area contributed by atoms with E-state index in [0.717, 1.165) is 31.7 Å². The number of benzene rings is 1. The number of carbonyl (C=O) groups excluding carboxylic acids is 1. The normalized spacial score (nSPS) is 18.2. The number of nitrogens with zero attached hydrogens (tertiary/aromatic N) is 1. The summed E-state index contributed by atoms with van der Waals surface area (Å²) in [5, 5.41) is 6.35. The zero-order valence-electron chi connectivity index (χ0n) is 12.8. The van der Waals surface area contributed by atoms with Crippen LogP contribution in [0.2, 0.25) is 0 Å². The van der Waals surface area contributed by atoms with E-state index < -0.39 is 0 Å². The molecule has 2 N–H and O–H groups in total. The quantitative estimate of drug-likeness (QED) is 0.869. The van der Waals surface area contributed by atoms with Crippen LogP contribution in [0.15, 0.2) is 18.2 Å². The van der Waals surface area contributed by atoms with Gasteiger partial charge in [0, 0.05) is 37.8 Å². The van der Waals surface area contributed by atoms with E-state index in [1.165, 1.54) is 36.8 Å². The second kappa shape index (κ2) is 6.58. The van der Waals surface area contributed by atoms with Crippen molar-refractivity contribution >= 4 is 5.91 Å². The van der Waals surface area contributed by atoms with Crippen LogP contribution >= 0.6 is 0 Å². The highest BCUT2D eigenvalue weighted by Crippen LogP contribution is 2.22. The third-order valence-corrected chi connectivity index (χ3v) is 4.80. The lowest BCUT2D eigenvalue weighted by Gasteiger charge is -2.23. The fourth-order valence-electron chi connectivity index (χ4n) is 3.41. The van der Waals surface area contributed by atoms with Crippen molar-refractivity contribution in [3.8, 4) is 0 Å². The molecule has 1 aliphatic heterocycles. The van der Waals surface area contributed by atoms with Crippen LogP contribution in [0.5, 0.6) is 0 Å². The van der Waals surface area contributed by atoms with Crippen molar-refractivity contribution in [2.45, 2.75) is 44.8 Å². The van der Waals surface area contributed by atoms with Crippen molar-refractivity contribution in [3.05, 3.63) is 34.9 Å². The topological polar surface area (TPSA) is 44.4 Å². The summed E-state index contributed by atoms with van der Waals surface area (Å²) >= 11 is 0. The number of hydrogen-bond acceptors (Lipinski definition) is 3. The van der Waals surface area contributed by atoms with E-state index in [1.807, 2.05) is 12.1 Å². The highest BCUT2D eigenvalue weighted by molar-refractivity contribution is 5.94. The third kappa shape index (κ3) is 3.44. The van der Waals surface area contributed by atoms with Crippen molar-refractivity contribution in [2.75, 3.05) is 20.1 Å². The second-order valence-electron chi connectivity index (χ2n) is 6.26. The summed E-state index contributed by atoms with van der Waals surface area (Å²) in [5.74, 6) is 0.0459. The van der Waals surface area contributed by atoms with E-state index >= 15 is 0 Å². The Bertz CT molecular complexity index is 509. The van der Waals surface area contributed by atoms with Crippen molar-refractivity contribution in [2.24, 2.45) is 0 Å². The van der Waals surface area contributed by atoms with Gasteiger partial charge in [-0.15, -0.1) is 0 Å². The lowest BCUT2D eigenvalue weighted by Crippen LogP contribution is -2.37. The van der Waals surface area contributed by atoms with Gasteiger partial charge in [-0.1, -0.05) is 18.9 Å². The van der Waals surface area contributed by atoms with Gasteiger partial charge in [-0.05, 0) is 43.1 Å². The van der Waals surface area contributed by atoms with Gasteiger partial charge in [0.15, 0.2) is 0 Å². The Morgan fingerprint density at radius 1 is 1.29 bits per heavy atom. The molecule has 1 heterocycles. The minimum Gasteiger partial charge on any atom is -0.351 e. The van der Waals surface area contributed by atoms with Crippen LogP contribution in [0.25, 0.3) is 0 Å². The first kappa shape index (κ1) is 14.5. The number of nitrogens with one attached hydrogen (secondary N) is 2. The molecule has 0 bridgehead atoms. The zero-order chi connectivity index (χ0) is 14.7. The molecule has 4 heteroatoms. The molecule has 0 saturated heterocycles. The van der Waals surface area contributed by atoms with Gasteiger partial charge in [-0.2, -0.15) is 0 Å². The van der Waals surface area contributed by atoms with Gasteiger partial charge < -0.3 is 15.5 Å². The van der Waals surface area contributed by atoms with E-state index in [9.17, 15) is 4.79 Å². The maximum absolute atomic E-state index is 12.2.